The fraction of sp³-hybridized carbons (Fsp3) is 0.409. The van der Waals surface area contributed by atoms with Crippen LogP contribution in [0.15, 0.2) is 53.4 Å². The van der Waals surface area contributed by atoms with Gasteiger partial charge in [0.1, 0.15) is 5.75 Å². The van der Waals surface area contributed by atoms with Crippen molar-refractivity contribution in [2.45, 2.75) is 30.6 Å². The Balaban J connectivity index is 1.47. The van der Waals surface area contributed by atoms with Gasteiger partial charge in [0.15, 0.2) is 0 Å². The normalized spacial score (nSPS) is 16.1. The number of carbonyl (C=O) groups is 1. The summed E-state index contributed by atoms with van der Waals surface area (Å²) in [7, 11) is 0.672. The highest BCUT2D eigenvalue weighted by molar-refractivity contribution is 7.84. The molecular formula is C22H27NO3S. The molecule has 27 heavy (non-hydrogen) atoms. The standard InChI is InChI=1S/C22H27NO3S/c1-26-20-9-5-17(6-10-20)3-4-18-13-15-23(16-14-18)22(24)19-7-11-21(12-8-19)27(2)25/h5-12,18H,3-4,13-16H2,1-2H3. The van der Waals surface area contributed by atoms with Gasteiger partial charge in [-0.15, -0.1) is 0 Å². The van der Waals surface area contributed by atoms with Crippen LogP contribution in [0.1, 0.15) is 35.2 Å². The van der Waals surface area contributed by atoms with E-state index in [2.05, 4.69) is 12.1 Å². The monoisotopic (exact) mass is 385 g/mol. The minimum atomic E-state index is -1.01. The van der Waals surface area contributed by atoms with Gasteiger partial charge in [0, 0.05) is 40.6 Å². The molecule has 0 aromatic heterocycles. The van der Waals surface area contributed by atoms with Crippen LogP contribution >= 0.6 is 0 Å². The molecule has 1 saturated heterocycles. The second kappa shape index (κ2) is 9.18. The summed E-state index contributed by atoms with van der Waals surface area (Å²) in [5, 5.41) is 0. The van der Waals surface area contributed by atoms with Crippen LogP contribution in [-0.4, -0.2) is 41.5 Å². The van der Waals surface area contributed by atoms with E-state index in [1.165, 1.54) is 5.56 Å². The summed E-state index contributed by atoms with van der Waals surface area (Å²) in [6, 6.07) is 15.4. The maximum Gasteiger partial charge on any atom is 0.253 e. The Hall–Kier alpha value is -2.14. The summed E-state index contributed by atoms with van der Waals surface area (Å²) < 4.78 is 16.7. The van der Waals surface area contributed by atoms with Crippen molar-refractivity contribution in [3.8, 4) is 5.75 Å². The zero-order chi connectivity index (χ0) is 19.2. The summed E-state index contributed by atoms with van der Waals surface area (Å²) in [6.07, 6.45) is 5.98. The van der Waals surface area contributed by atoms with Crippen molar-refractivity contribution in [2.75, 3.05) is 26.5 Å². The molecule has 2 aromatic rings. The molecule has 1 unspecified atom stereocenters. The maximum atomic E-state index is 12.7. The number of amides is 1. The molecule has 3 rings (SSSR count). The van der Waals surface area contributed by atoms with Gasteiger partial charge in [-0.1, -0.05) is 12.1 Å². The predicted octanol–water partition coefficient (Wildman–Crippen LogP) is 3.92. The lowest BCUT2D eigenvalue weighted by atomic mass is 9.90. The van der Waals surface area contributed by atoms with E-state index < -0.39 is 10.8 Å². The highest BCUT2D eigenvalue weighted by atomic mass is 32.2. The molecule has 1 heterocycles. The molecule has 0 bridgehead atoms. The summed E-state index contributed by atoms with van der Waals surface area (Å²) in [5.41, 5.74) is 2.02. The van der Waals surface area contributed by atoms with Crippen LogP contribution in [0, 0.1) is 5.92 Å². The van der Waals surface area contributed by atoms with Crippen LogP contribution in [0.5, 0.6) is 5.75 Å². The van der Waals surface area contributed by atoms with Crippen LogP contribution < -0.4 is 4.74 Å². The number of piperidine rings is 1. The summed E-state index contributed by atoms with van der Waals surface area (Å²) in [6.45, 7) is 1.63. The Morgan fingerprint density at radius 2 is 1.70 bits per heavy atom. The first kappa shape index (κ1) is 19.6. The molecular weight excluding hydrogens is 358 g/mol. The Bertz CT molecular complexity index is 778. The lowest BCUT2D eigenvalue weighted by Crippen LogP contribution is -2.38. The average molecular weight is 386 g/mol. The Morgan fingerprint density at radius 1 is 1.07 bits per heavy atom. The van der Waals surface area contributed by atoms with Gasteiger partial charge in [-0.2, -0.15) is 0 Å². The quantitative estimate of drug-likeness (QED) is 0.757. The van der Waals surface area contributed by atoms with Gasteiger partial charge in [-0.3, -0.25) is 9.00 Å². The van der Waals surface area contributed by atoms with Gasteiger partial charge in [-0.25, -0.2) is 0 Å². The van der Waals surface area contributed by atoms with E-state index in [1.807, 2.05) is 17.0 Å². The van der Waals surface area contributed by atoms with E-state index in [9.17, 15) is 9.00 Å². The van der Waals surface area contributed by atoms with Crippen molar-refractivity contribution in [1.82, 2.24) is 4.90 Å². The number of benzene rings is 2. The number of methoxy groups -OCH3 is 1. The number of rotatable bonds is 6. The minimum absolute atomic E-state index is 0.0806. The predicted molar refractivity (Wildman–Crippen MR) is 109 cm³/mol. The third-order valence-corrected chi connectivity index (χ3v) is 6.27. The van der Waals surface area contributed by atoms with E-state index >= 15 is 0 Å². The topological polar surface area (TPSA) is 46.6 Å². The number of carbonyl (C=O) groups excluding carboxylic acids is 1. The molecule has 0 N–H and O–H groups in total. The van der Waals surface area contributed by atoms with Crippen molar-refractivity contribution in [3.63, 3.8) is 0 Å². The molecule has 5 heteroatoms. The summed E-state index contributed by atoms with van der Waals surface area (Å²) in [5.74, 6) is 1.64. The third-order valence-electron chi connectivity index (χ3n) is 5.34. The SMILES string of the molecule is COc1ccc(CCC2CCN(C(=O)c3ccc(S(C)=O)cc3)CC2)cc1. The average Bonchev–Trinajstić information content (AvgIpc) is 2.72. The lowest BCUT2D eigenvalue weighted by Gasteiger charge is -2.32. The van der Waals surface area contributed by atoms with Gasteiger partial charge >= 0.3 is 0 Å². The number of hydrogen-bond acceptors (Lipinski definition) is 3. The summed E-state index contributed by atoms with van der Waals surface area (Å²) in [4.78, 5) is 15.4. The third kappa shape index (κ3) is 5.19. The largest absolute Gasteiger partial charge is 0.497 e. The van der Waals surface area contributed by atoms with Gasteiger partial charge in [0.05, 0.1) is 7.11 Å². The van der Waals surface area contributed by atoms with E-state index in [0.717, 1.165) is 49.4 Å². The molecule has 0 saturated carbocycles. The first-order chi connectivity index (χ1) is 13.1. The van der Waals surface area contributed by atoms with Crippen molar-refractivity contribution in [1.29, 1.82) is 0 Å². The summed E-state index contributed by atoms with van der Waals surface area (Å²) >= 11 is 0. The zero-order valence-electron chi connectivity index (χ0n) is 16.0. The van der Waals surface area contributed by atoms with Gasteiger partial charge in [-0.05, 0) is 73.6 Å². The van der Waals surface area contributed by atoms with Gasteiger partial charge < -0.3 is 9.64 Å². The first-order valence-electron chi connectivity index (χ1n) is 9.42. The molecule has 1 aliphatic rings. The second-order valence-electron chi connectivity index (χ2n) is 7.10. The molecule has 0 spiro atoms. The number of hydrogen-bond donors (Lipinski definition) is 0. The van der Waals surface area contributed by atoms with Gasteiger partial charge in [0.2, 0.25) is 0 Å². The van der Waals surface area contributed by atoms with E-state index in [1.54, 1.807) is 37.6 Å². The smallest absolute Gasteiger partial charge is 0.253 e. The molecule has 1 fully saturated rings. The van der Waals surface area contributed by atoms with E-state index in [0.29, 0.717) is 11.5 Å². The molecule has 1 atom stereocenters. The van der Waals surface area contributed by atoms with Gasteiger partial charge in [0.25, 0.3) is 5.91 Å². The van der Waals surface area contributed by atoms with Crippen molar-refractivity contribution >= 4 is 16.7 Å². The highest BCUT2D eigenvalue weighted by Gasteiger charge is 2.23. The zero-order valence-corrected chi connectivity index (χ0v) is 16.8. The minimum Gasteiger partial charge on any atom is -0.497 e. The number of nitrogens with zero attached hydrogens (tertiary/aromatic N) is 1. The van der Waals surface area contributed by atoms with Crippen LogP contribution in [0.4, 0.5) is 0 Å². The van der Waals surface area contributed by atoms with Crippen molar-refractivity contribution < 1.29 is 13.7 Å². The molecule has 0 radical (unpaired) electrons. The molecule has 1 aliphatic heterocycles. The maximum absolute atomic E-state index is 12.7. The number of aryl methyl sites for hydroxylation is 1. The molecule has 1 amide bonds. The van der Waals surface area contributed by atoms with E-state index in [-0.39, 0.29) is 5.91 Å². The van der Waals surface area contributed by atoms with E-state index in [4.69, 9.17) is 4.74 Å². The first-order valence-corrected chi connectivity index (χ1v) is 11.0. The van der Waals surface area contributed by atoms with Crippen molar-refractivity contribution in [2.24, 2.45) is 5.92 Å². The molecule has 0 aliphatic carbocycles. The molecule has 4 nitrogen and oxygen atoms in total. The number of ether oxygens (including phenoxy) is 1. The lowest BCUT2D eigenvalue weighted by molar-refractivity contribution is 0.0687. The highest BCUT2D eigenvalue weighted by Crippen LogP contribution is 2.24. The number of likely N-dealkylation sites (tertiary alicyclic amines) is 1. The fourth-order valence-corrected chi connectivity index (χ4v) is 4.08. The van der Waals surface area contributed by atoms with Crippen molar-refractivity contribution in [3.05, 3.63) is 59.7 Å². The van der Waals surface area contributed by atoms with Crippen LogP contribution in [0.3, 0.4) is 0 Å². The fourth-order valence-electron chi connectivity index (χ4n) is 3.56. The molecule has 144 valence electrons. The Morgan fingerprint density at radius 3 is 2.26 bits per heavy atom. The molecule has 2 aromatic carbocycles. The van der Waals surface area contributed by atoms with Crippen LogP contribution in [0.25, 0.3) is 0 Å². The second-order valence-corrected chi connectivity index (χ2v) is 8.48. The Kier molecular flexibility index (Phi) is 6.67. The van der Waals surface area contributed by atoms with Crippen LogP contribution in [0.2, 0.25) is 0 Å². The Labute approximate surface area is 164 Å². The van der Waals surface area contributed by atoms with Crippen LogP contribution in [-0.2, 0) is 17.2 Å².